The average Bonchev–Trinajstić information content (AvgIpc) is 3.20. The Hall–Kier alpha value is -1.68. The van der Waals surface area contributed by atoms with E-state index in [0.717, 1.165) is 10.9 Å². The summed E-state index contributed by atoms with van der Waals surface area (Å²) in [5.74, 6) is 0. The van der Waals surface area contributed by atoms with Gasteiger partial charge in [-0.1, -0.05) is 0 Å². The molecule has 0 aromatic carbocycles. The summed E-state index contributed by atoms with van der Waals surface area (Å²) in [5.41, 5.74) is 6.58. The zero-order chi connectivity index (χ0) is 15.3. The van der Waals surface area contributed by atoms with Crippen molar-refractivity contribution in [2.45, 2.75) is 11.4 Å². The minimum absolute atomic E-state index is 0.174. The van der Waals surface area contributed by atoms with Crippen LogP contribution in [0.1, 0.15) is 5.56 Å². The van der Waals surface area contributed by atoms with Crippen LogP contribution in [0.3, 0.4) is 0 Å². The largest absolute Gasteiger partial charge is 0.330 e. The van der Waals surface area contributed by atoms with Gasteiger partial charge in [-0.05, 0) is 30.0 Å². The number of nitrogens with two attached hydrogens (primary N) is 1. The van der Waals surface area contributed by atoms with Crippen molar-refractivity contribution in [2.24, 2.45) is 5.73 Å². The summed E-state index contributed by atoms with van der Waals surface area (Å²) in [6.45, 7) is 0.483. The van der Waals surface area contributed by atoms with Crippen molar-refractivity contribution < 1.29 is 8.42 Å². The molecule has 4 aromatic heterocycles. The van der Waals surface area contributed by atoms with E-state index < -0.39 is 10.0 Å². The summed E-state index contributed by atoms with van der Waals surface area (Å²) >= 11 is 2.81. The van der Waals surface area contributed by atoms with E-state index in [1.54, 1.807) is 16.8 Å². The molecule has 0 bridgehead atoms. The van der Waals surface area contributed by atoms with E-state index in [-0.39, 0.29) is 5.03 Å². The van der Waals surface area contributed by atoms with Crippen LogP contribution in [0, 0.1) is 0 Å². The molecule has 6 nitrogen and oxygen atoms in total. The second-order valence-corrected chi connectivity index (χ2v) is 8.31. The molecule has 0 aliphatic heterocycles. The lowest BCUT2D eigenvalue weighted by Gasteiger charge is -2.04. The Morgan fingerprint density at radius 3 is 2.95 bits per heavy atom. The van der Waals surface area contributed by atoms with Gasteiger partial charge in [0.2, 0.25) is 0 Å². The van der Waals surface area contributed by atoms with E-state index in [2.05, 4.69) is 4.98 Å². The highest BCUT2D eigenvalue weighted by Crippen LogP contribution is 2.30. The molecule has 114 valence electrons. The Kier molecular flexibility index (Phi) is 3.12. The number of rotatable bonds is 4. The molecule has 0 radical (unpaired) electrons. The van der Waals surface area contributed by atoms with Crippen molar-refractivity contribution in [1.29, 1.82) is 0 Å². The van der Waals surface area contributed by atoms with E-state index in [9.17, 15) is 8.42 Å². The van der Waals surface area contributed by atoms with Crippen molar-refractivity contribution in [1.82, 2.24) is 13.4 Å². The fourth-order valence-electron chi connectivity index (χ4n) is 2.52. The Morgan fingerprint density at radius 1 is 1.27 bits per heavy atom. The van der Waals surface area contributed by atoms with Crippen LogP contribution >= 0.6 is 22.7 Å². The van der Waals surface area contributed by atoms with Crippen molar-refractivity contribution in [3.63, 3.8) is 0 Å². The number of nitrogens with zero attached hydrogens (tertiary/aromatic N) is 3. The molecule has 0 aliphatic carbocycles. The van der Waals surface area contributed by atoms with Gasteiger partial charge in [-0.2, -0.15) is 8.42 Å². The second-order valence-electron chi connectivity index (χ2n) is 4.79. The summed E-state index contributed by atoms with van der Waals surface area (Å²) in [6, 6.07) is 1.94. The maximum absolute atomic E-state index is 13.0. The lowest BCUT2D eigenvalue weighted by Crippen LogP contribution is -2.13. The zero-order valence-electron chi connectivity index (χ0n) is 11.3. The summed E-state index contributed by atoms with van der Waals surface area (Å²) in [4.78, 5) is 5.53. The predicted molar refractivity (Wildman–Crippen MR) is 88.2 cm³/mol. The number of aromatic nitrogens is 3. The maximum atomic E-state index is 13.0. The third kappa shape index (κ3) is 1.86. The van der Waals surface area contributed by atoms with Crippen LogP contribution in [0.15, 0.2) is 40.4 Å². The molecule has 4 heterocycles. The van der Waals surface area contributed by atoms with E-state index in [0.29, 0.717) is 22.8 Å². The quantitative estimate of drug-likeness (QED) is 0.610. The van der Waals surface area contributed by atoms with E-state index in [1.165, 1.54) is 32.8 Å². The highest BCUT2D eigenvalue weighted by atomic mass is 32.2. The number of thiophene rings is 1. The SMILES string of the molecule is NCCc1cn(S(=O)(=O)c2cnc3sccn23)c2sccc12. The smallest absolute Gasteiger partial charge is 0.286 e. The first-order valence-electron chi connectivity index (χ1n) is 6.56. The molecule has 0 saturated carbocycles. The minimum atomic E-state index is -3.69. The van der Waals surface area contributed by atoms with Crippen LogP contribution in [0.4, 0.5) is 0 Å². The molecule has 22 heavy (non-hydrogen) atoms. The number of fused-ring (bicyclic) bond motifs is 2. The van der Waals surface area contributed by atoms with Gasteiger partial charge < -0.3 is 5.73 Å². The van der Waals surface area contributed by atoms with Crippen LogP contribution in [0.25, 0.3) is 15.2 Å². The number of imidazole rings is 1. The number of hydrogen-bond acceptors (Lipinski definition) is 6. The van der Waals surface area contributed by atoms with Crippen LogP contribution in [0.2, 0.25) is 0 Å². The molecule has 4 rings (SSSR count). The molecule has 0 aliphatic rings. The van der Waals surface area contributed by atoms with Gasteiger partial charge in [0.15, 0.2) is 9.99 Å². The van der Waals surface area contributed by atoms with Crippen LogP contribution in [0.5, 0.6) is 0 Å². The fraction of sp³-hybridized carbons (Fsp3) is 0.154. The van der Waals surface area contributed by atoms with Gasteiger partial charge in [-0.15, -0.1) is 22.7 Å². The molecule has 2 N–H and O–H groups in total. The minimum Gasteiger partial charge on any atom is -0.330 e. The first-order chi connectivity index (χ1) is 10.6. The lowest BCUT2D eigenvalue weighted by molar-refractivity contribution is 0.584. The van der Waals surface area contributed by atoms with Gasteiger partial charge >= 0.3 is 0 Å². The monoisotopic (exact) mass is 352 g/mol. The van der Waals surface area contributed by atoms with Gasteiger partial charge in [0.1, 0.15) is 4.83 Å². The summed E-state index contributed by atoms with van der Waals surface area (Å²) < 4.78 is 29.0. The van der Waals surface area contributed by atoms with Crippen molar-refractivity contribution in [3.05, 3.63) is 41.0 Å². The number of hydrogen-bond donors (Lipinski definition) is 1. The molecule has 0 unspecified atom stereocenters. The molecule has 9 heteroatoms. The normalized spacial score (nSPS) is 12.6. The summed E-state index contributed by atoms with van der Waals surface area (Å²) in [5, 5.41) is 4.84. The molecule has 0 spiro atoms. The summed E-state index contributed by atoms with van der Waals surface area (Å²) in [7, 11) is -3.69. The highest BCUT2D eigenvalue weighted by Gasteiger charge is 2.25. The topological polar surface area (TPSA) is 82.4 Å². The Balaban J connectivity index is 1.98. The van der Waals surface area contributed by atoms with Crippen molar-refractivity contribution >= 4 is 47.9 Å². The van der Waals surface area contributed by atoms with Gasteiger partial charge in [-0.3, -0.25) is 4.40 Å². The third-order valence-corrected chi connectivity index (χ3v) is 6.95. The van der Waals surface area contributed by atoms with Crippen LogP contribution in [-0.4, -0.2) is 28.3 Å². The van der Waals surface area contributed by atoms with Crippen molar-refractivity contribution in [2.75, 3.05) is 6.54 Å². The van der Waals surface area contributed by atoms with Crippen LogP contribution < -0.4 is 5.73 Å². The van der Waals surface area contributed by atoms with Gasteiger partial charge in [0.25, 0.3) is 10.0 Å². The van der Waals surface area contributed by atoms with Gasteiger partial charge in [0, 0.05) is 23.2 Å². The lowest BCUT2D eigenvalue weighted by atomic mass is 10.2. The Bertz CT molecular complexity index is 1070. The molecule has 0 fully saturated rings. The fourth-order valence-corrected chi connectivity index (χ4v) is 5.87. The average molecular weight is 352 g/mol. The molecular weight excluding hydrogens is 340 g/mol. The first kappa shape index (κ1) is 13.9. The van der Waals surface area contributed by atoms with Gasteiger partial charge in [-0.25, -0.2) is 8.96 Å². The third-order valence-electron chi connectivity index (χ3n) is 3.51. The maximum Gasteiger partial charge on any atom is 0.286 e. The zero-order valence-corrected chi connectivity index (χ0v) is 13.8. The molecular formula is C13H12N4O2S3. The molecule has 0 amide bonds. The van der Waals surface area contributed by atoms with Gasteiger partial charge in [0.05, 0.1) is 6.20 Å². The standard InChI is InChI=1S/C13H12N4O2S3/c14-3-1-9-8-17(12-10(9)2-5-20-12)22(18,19)11-7-15-13-16(11)4-6-21-13/h2,4-8H,1,3,14H2. The first-order valence-corrected chi connectivity index (χ1v) is 9.76. The number of thiazole rings is 1. The molecule has 0 saturated heterocycles. The Morgan fingerprint density at radius 2 is 2.14 bits per heavy atom. The molecule has 4 aromatic rings. The van der Waals surface area contributed by atoms with Crippen LogP contribution in [-0.2, 0) is 16.4 Å². The van der Waals surface area contributed by atoms with E-state index >= 15 is 0 Å². The predicted octanol–water partition coefficient (Wildman–Crippen LogP) is 2.15. The van der Waals surface area contributed by atoms with Crippen molar-refractivity contribution in [3.8, 4) is 0 Å². The second kappa shape index (κ2) is 4.92. The summed E-state index contributed by atoms with van der Waals surface area (Å²) in [6.07, 6.45) is 5.45. The Labute approximate surface area is 134 Å². The molecule has 0 atom stereocenters. The van der Waals surface area contributed by atoms with E-state index in [1.807, 2.05) is 16.8 Å². The van der Waals surface area contributed by atoms with E-state index in [4.69, 9.17) is 5.73 Å². The highest BCUT2D eigenvalue weighted by molar-refractivity contribution is 7.90.